The van der Waals surface area contributed by atoms with E-state index in [9.17, 15) is 0 Å². The Hall–Kier alpha value is -0.410. The number of ether oxygens (including phenoxy) is 2. The van der Waals surface area contributed by atoms with E-state index in [0.29, 0.717) is 23.3 Å². The average molecular weight is 207 g/mol. The van der Waals surface area contributed by atoms with E-state index in [4.69, 9.17) is 21.1 Å². The summed E-state index contributed by atoms with van der Waals surface area (Å²) in [6.07, 6.45) is 0. The second-order valence-electron chi connectivity index (χ2n) is 2.07. The monoisotopic (exact) mass is 206 g/mol. The van der Waals surface area contributed by atoms with Gasteiger partial charge in [0.2, 0.25) is 0 Å². The van der Waals surface area contributed by atoms with Crippen LogP contribution in [0.25, 0.3) is 0 Å². The molecule has 0 amide bonds. The summed E-state index contributed by atoms with van der Waals surface area (Å²) in [5, 5.41) is 1.86. The lowest BCUT2D eigenvalue weighted by Crippen LogP contribution is -1.95. The summed E-state index contributed by atoms with van der Waals surface area (Å²) >= 11 is 7.30. The highest BCUT2D eigenvalue weighted by atomic mass is 35.5. The molecule has 0 unspecified atom stereocenters. The molecule has 4 heteroatoms. The van der Waals surface area contributed by atoms with Crippen LogP contribution in [-0.4, -0.2) is 13.2 Å². The van der Waals surface area contributed by atoms with E-state index in [0.717, 1.165) is 5.75 Å². The first-order valence-electron chi connectivity index (χ1n) is 3.82. The lowest BCUT2D eigenvalue weighted by atomic mass is 10.5. The van der Waals surface area contributed by atoms with Crippen LogP contribution in [0.3, 0.4) is 0 Å². The molecule has 1 heterocycles. The third-order valence-electron chi connectivity index (χ3n) is 1.26. The van der Waals surface area contributed by atoms with Gasteiger partial charge in [0.15, 0.2) is 11.5 Å². The third-order valence-corrected chi connectivity index (χ3v) is 2.42. The Balaban J connectivity index is 2.80. The van der Waals surface area contributed by atoms with Crippen LogP contribution in [0.4, 0.5) is 0 Å². The molecule has 0 saturated heterocycles. The second kappa shape index (κ2) is 4.58. The largest absolute Gasteiger partial charge is 0.489 e. The van der Waals surface area contributed by atoms with E-state index in [2.05, 4.69) is 0 Å². The Morgan fingerprint density at radius 2 is 2.00 bits per heavy atom. The van der Waals surface area contributed by atoms with Crippen molar-refractivity contribution >= 4 is 22.9 Å². The molecule has 68 valence electrons. The molecule has 0 bridgehead atoms. The van der Waals surface area contributed by atoms with Crippen molar-refractivity contribution in [2.75, 3.05) is 13.2 Å². The van der Waals surface area contributed by atoms with Gasteiger partial charge >= 0.3 is 0 Å². The standard InChI is InChI=1S/C8H11ClO2S/c1-3-10-6-5-12-8(9)7(6)11-4-2/h5H,3-4H2,1-2H3. The van der Waals surface area contributed by atoms with Crippen LogP contribution in [0.5, 0.6) is 11.5 Å². The van der Waals surface area contributed by atoms with Crippen molar-refractivity contribution in [3.63, 3.8) is 0 Å². The average Bonchev–Trinajstić information content (AvgIpc) is 2.37. The molecule has 0 spiro atoms. The van der Waals surface area contributed by atoms with Crippen LogP contribution in [0.1, 0.15) is 13.8 Å². The van der Waals surface area contributed by atoms with E-state index in [-0.39, 0.29) is 0 Å². The van der Waals surface area contributed by atoms with Gasteiger partial charge in [-0.25, -0.2) is 0 Å². The summed E-state index contributed by atoms with van der Waals surface area (Å²) in [4.78, 5) is 0. The smallest absolute Gasteiger partial charge is 0.190 e. The molecular weight excluding hydrogens is 196 g/mol. The summed E-state index contributed by atoms with van der Waals surface area (Å²) in [6, 6.07) is 0. The van der Waals surface area contributed by atoms with Gasteiger partial charge in [-0.1, -0.05) is 11.6 Å². The van der Waals surface area contributed by atoms with Gasteiger partial charge in [-0.05, 0) is 13.8 Å². The van der Waals surface area contributed by atoms with Gasteiger partial charge in [-0.3, -0.25) is 0 Å². The maximum absolute atomic E-state index is 5.87. The summed E-state index contributed by atoms with van der Waals surface area (Å²) < 4.78 is 11.3. The molecule has 0 fully saturated rings. The number of rotatable bonds is 4. The Morgan fingerprint density at radius 3 is 2.58 bits per heavy atom. The fourth-order valence-corrected chi connectivity index (χ4v) is 1.77. The minimum Gasteiger partial charge on any atom is -0.489 e. The zero-order valence-corrected chi connectivity index (χ0v) is 8.67. The maximum Gasteiger partial charge on any atom is 0.190 e. The minimum absolute atomic E-state index is 0.608. The fourth-order valence-electron chi connectivity index (χ4n) is 0.836. The van der Waals surface area contributed by atoms with Crippen LogP contribution in [-0.2, 0) is 0 Å². The van der Waals surface area contributed by atoms with E-state index >= 15 is 0 Å². The molecule has 0 aromatic carbocycles. The lowest BCUT2D eigenvalue weighted by Gasteiger charge is -2.05. The number of thiophene rings is 1. The summed E-state index contributed by atoms with van der Waals surface area (Å²) in [5.41, 5.74) is 0. The van der Waals surface area contributed by atoms with Crippen LogP contribution in [0, 0.1) is 0 Å². The Kier molecular flexibility index (Phi) is 3.69. The molecule has 1 aromatic heterocycles. The molecule has 0 saturated carbocycles. The van der Waals surface area contributed by atoms with Crippen LogP contribution in [0.2, 0.25) is 4.34 Å². The number of hydrogen-bond acceptors (Lipinski definition) is 3. The van der Waals surface area contributed by atoms with Crippen molar-refractivity contribution in [1.29, 1.82) is 0 Å². The summed E-state index contributed by atoms with van der Waals surface area (Å²) in [6.45, 7) is 5.09. The minimum atomic E-state index is 0.608. The lowest BCUT2D eigenvalue weighted by molar-refractivity contribution is 0.290. The zero-order valence-electron chi connectivity index (χ0n) is 7.09. The molecule has 0 aliphatic carbocycles. The summed E-state index contributed by atoms with van der Waals surface area (Å²) in [5.74, 6) is 1.42. The normalized spacial score (nSPS) is 9.92. The molecule has 1 aromatic rings. The molecule has 0 aliphatic rings. The van der Waals surface area contributed by atoms with E-state index < -0.39 is 0 Å². The van der Waals surface area contributed by atoms with Crippen molar-refractivity contribution in [2.24, 2.45) is 0 Å². The van der Waals surface area contributed by atoms with Crippen molar-refractivity contribution in [3.05, 3.63) is 9.72 Å². The van der Waals surface area contributed by atoms with Gasteiger partial charge in [-0.15, -0.1) is 11.3 Å². The maximum atomic E-state index is 5.87. The molecular formula is C8H11ClO2S. The Labute approximate surface area is 81.1 Å². The van der Waals surface area contributed by atoms with Gasteiger partial charge in [-0.2, -0.15) is 0 Å². The SMILES string of the molecule is CCOc1csc(Cl)c1OCC. The number of hydrogen-bond donors (Lipinski definition) is 0. The van der Waals surface area contributed by atoms with Gasteiger partial charge in [0.25, 0.3) is 0 Å². The highest BCUT2D eigenvalue weighted by Crippen LogP contribution is 2.40. The first-order chi connectivity index (χ1) is 5.79. The molecule has 0 radical (unpaired) electrons. The van der Waals surface area contributed by atoms with Gasteiger partial charge in [0.05, 0.1) is 13.2 Å². The van der Waals surface area contributed by atoms with Gasteiger partial charge in [0.1, 0.15) is 4.34 Å². The first-order valence-corrected chi connectivity index (χ1v) is 5.07. The third kappa shape index (κ3) is 2.05. The molecule has 12 heavy (non-hydrogen) atoms. The molecule has 0 aliphatic heterocycles. The molecule has 1 rings (SSSR count). The van der Waals surface area contributed by atoms with E-state index in [1.807, 2.05) is 19.2 Å². The van der Waals surface area contributed by atoms with Crippen molar-refractivity contribution in [2.45, 2.75) is 13.8 Å². The predicted molar refractivity (Wildman–Crippen MR) is 51.7 cm³/mol. The first kappa shape index (κ1) is 9.68. The van der Waals surface area contributed by atoms with Gasteiger partial charge in [0, 0.05) is 5.38 Å². The fraction of sp³-hybridized carbons (Fsp3) is 0.500. The van der Waals surface area contributed by atoms with E-state index in [1.165, 1.54) is 11.3 Å². The highest BCUT2D eigenvalue weighted by Gasteiger charge is 2.11. The van der Waals surface area contributed by atoms with Crippen LogP contribution < -0.4 is 9.47 Å². The summed E-state index contributed by atoms with van der Waals surface area (Å²) in [7, 11) is 0. The molecule has 0 N–H and O–H groups in total. The predicted octanol–water partition coefficient (Wildman–Crippen LogP) is 3.20. The Bertz CT molecular complexity index is 247. The van der Waals surface area contributed by atoms with Crippen LogP contribution in [0.15, 0.2) is 5.38 Å². The molecule has 2 nitrogen and oxygen atoms in total. The van der Waals surface area contributed by atoms with E-state index in [1.54, 1.807) is 0 Å². The van der Waals surface area contributed by atoms with Crippen molar-refractivity contribution in [1.82, 2.24) is 0 Å². The van der Waals surface area contributed by atoms with Gasteiger partial charge < -0.3 is 9.47 Å². The van der Waals surface area contributed by atoms with Crippen molar-refractivity contribution in [3.8, 4) is 11.5 Å². The van der Waals surface area contributed by atoms with Crippen LogP contribution >= 0.6 is 22.9 Å². The quantitative estimate of drug-likeness (QED) is 0.753. The second-order valence-corrected chi connectivity index (χ2v) is 3.55. The molecule has 0 atom stereocenters. The topological polar surface area (TPSA) is 18.5 Å². The zero-order chi connectivity index (χ0) is 8.97. The highest BCUT2D eigenvalue weighted by molar-refractivity contribution is 7.15. The number of halogens is 1. The van der Waals surface area contributed by atoms with Crippen molar-refractivity contribution < 1.29 is 9.47 Å². The Morgan fingerprint density at radius 1 is 1.33 bits per heavy atom.